The van der Waals surface area contributed by atoms with Gasteiger partial charge < -0.3 is 5.32 Å². The second-order valence-electron chi connectivity index (χ2n) is 6.36. The van der Waals surface area contributed by atoms with Crippen LogP contribution in [-0.2, 0) is 10.0 Å². The Morgan fingerprint density at radius 2 is 1.85 bits per heavy atom. The zero-order valence-electron chi connectivity index (χ0n) is 13.0. The van der Waals surface area contributed by atoms with Gasteiger partial charge in [0.2, 0.25) is 10.0 Å². The Balaban J connectivity index is 2.81. The fourth-order valence-electron chi connectivity index (χ4n) is 1.70. The summed E-state index contributed by atoms with van der Waals surface area (Å²) in [7, 11) is -3.64. The molecule has 0 aliphatic heterocycles. The second-order valence-corrected chi connectivity index (χ2v) is 7.92. The zero-order chi connectivity index (χ0) is 15.6. The van der Waals surface area contributed by atoms with Crippen LogP contribution in [0.15, 0.2) is 29.2 Å². The van der Waals surface area contributed by atoms with Crippen molar-refractivity contribution in [2.24, 2.45) is 16.5 Å². The Bertz CT molecular complexity index is 551. The van der Waals surface area contributed by atoms with E-state index in [0.29, 0.717) is 5.92 Å². The highest BCUT2D eigenvalue weighted by molar-refractivity contribution is 7.89. The minimum absolute atomic E-state index is 0.0784. The molecule has 1 aromatic carbocycles. The lowest BCUT2D eigenvalue weighted by molar-refractivity contribution is 0.230. The topological polar surface area (TPSA) is 72.2 Å². The Kier molecular flexibility index (Phi) is 5.35. The molecule has 0 aliphatic carbocycles. The fraction of sp³-hybridized carbons (Fsp3) is 0.600. The van der Waals surface area contributed by atoms with Gasteiger partial charge in [-0.05, 0) is 36.0 Å². The van der Waals surface area contributed by atoms with E-state index in [1.165, 1.54) is 6.07 Å². The molecule has 1 atom stereocenters. The molecule has 0 aromatic heterocycles. The number of benzene rings is 1. The maximum absolute atomic E-state index is 11.4. The Morgan fingerprint density at radius 3 is 2.35 bits per heavy atom. The number of nitrogens with two attached hydrogens (primary N) is 1. The summed E-state index contributed by atoms with van der Waals surface area (Å²) in [5.74, 6) is 0.568. The molecule has 114 valence electrons. The highest BCUT2D eigenvalue weighted by Crippen LogP contribution is 2.26. The van der Waals surface area contributed by atoms with E-state index in [4.69, 9.17) is 5.14 Å². The van der Waals surface area contributed by atoms with E-state index in [1.54, 1.807) is 12.1 Å². The highest BCUT2D eigenvalue weighted by Gasteiger charge is 2.23. The van der Waals surface area contributed by atoms with Crippen molar-refractivity contribution in [1.29, 1.82) is 0 Å². The minimum Gasteiger partial charge on any atom is -0.310 e. The number of sulfonamides is 1. The molecule has 0 heterocycles. The van der Waals surface area contributed by atoms with Crippen molar-refractivity contribution in [3.05, 3.63) is 29.8 Å². The summed E-state index contributed by atoms with van der Waals surface area (Å²) in [6.45, 7) is 11.7. The third kappa shape index (κ3) is 4.58. The first-order valence-electron chi connectivity index (χ1n) is 6.90. The predicted molar refractivity (Wildman–Crippen MR) is 82.9 cm³/mol. The largest absolute Gasteiger partial charge is 0.310 e. The Morgan fingerprint density at radius 1 is 1.25 bits per heavy atom. The van der Waals surface area contributed by atoms with E-state index < -0.39 is 10.0 Å². The summed E-state index contributed by atoms with van der Waals surface area (Å²) in [4.78, 5) is 0.159. The molecule has 20 heavy (non-hydrogen) atoms. The first-order valence-corrected chi connectivity index (χ1v) is 8.45. The van der Waals surface area contributed by atoms with Gasteiger partial charge in [0.15, 0.2) is 0 Å². The van der Waals surface area contributed by atoms with E-state index in [1.807, 2.05) is 13.0 Å². The maximum atomic E-state index is 11.4. The van der Waals surface area contributed by atoms with Crippen LogP contribution in [-0.4, -0.2) is 15.0 Å². The van der Waals surface area contributed by atoms with Crippen LogP contribution >= 0.6 is 0 Å². The lowest BCUT2D eigenvalue weighted by Gasteiger charge is -2.31. The smallest absolute Gasteiger partial charge is 0.238 e. The van der Waals surface area contributed by atoms with Crippen LogP contribution in [0.2, 0.25) is 0 Å². The van der Waals surface area contributed by atoms with Gasteiger partial charge in [-0.25, -0.2) is 13.6 Å². The van der Waals surface area contributed by atoms with Crippen LogP contribution in [0.4, 0.5) is 0 Å². The molecule has 1 rings (SSSR count). The van der Waals surface area contributed by atoms with Gasteiger partial charge in [0.05, 0.1) is 4.90 Å². The SMILES string of the molecule is CC(NCC(C)(C)C(C)C)c1cccc(S(N)(=O)=O)c1. The third-order valence-corrected chi connectivity index (χ3v) is 5.02. The average Bonchev–Trinajstić information content (AvgIpc) is 2.35. The molecule has 3 N–H and O–H groups in total. The van der Waals surface area contributed by atoms with Gasteiger partial charge >= 0.3 is 0 Å². The predicted octanol–water partition coefficient (Wildman–Crippen LogP) is 2.67. The second kappa shape index (κ2) is 6.24. The average molecular weight is 298 g/mol. The molecule has 0 radical (unpaired) electrons. The molecular weight excluding hydrogens is 272 g/mol. The van der Waals surface area contributed by atoms with Crippen LogP contribution in [0.1, 0.15) is 46.2 Å². The standard InChI is InChI=1S/C15H26N2O2S/c1-11(2)15(4,5)10-17-12(3)13-7-6-8-14(9-13)20(16,18)19/h6-9,11-12,17H,10H2,1-5H3,(H2,16,18,19). The summed E-state index contributed by atoms with van der Waals surface area (Å²) in [6.07, 6.45) is 0. The lowest BCUT2D eigenvalue weighted by atomic mass is 9.81. The van der Waals surface area contributed by atoms with Crippen LogP contribution in [0, 0.1) is 11.3 Å². The third-order valence-electron chi connectivity index (χ3n) is 4.11. The maximum Gasteiger partial charge on any atom is 0.238 e. The quantitative estimate of drug-likeness (QED) is 0.848. The summed E-state index contributed by atoms with van der Waals surface area (Å²) < 4.78 is 22.7. The summed E-state index contributed by atoms with van der Waals surface area (Å²) in [5, 5.41) is 8.62. The molecule has 4 nitrogen and oxygen atoms in total. The molecule has 0 saturated carbocycles. The van der Waals surface area contributed by atoms with Gasteiger partial charge in [-0.2, -0.15) is 0 Å². The molecule has 0 saturated heterocycles. The van der Waals surface area contributed by atoms with Crippen molar-refractivity contribution < 1.29 is 8.42 Å². The van der Waals surface area contributed by atoms with E-state index in [2.05, 4.69) is 33.0 Å². The summed E-state index contributed by atoms with van der Waals surface area (Å²) in [6, 6.07) is 6.86. The Hall–Kier alpha value is -0.910. The normalized spacial score (nSPS) is 14.6. The van der Waals surface area contributed by atoms with Crippen molar-refractivity contribution in [3.63, 3.8) is 0 Å². The van der Waals surface area contributed by atoms with Gasteiger partial charge in [-0.1, -0.05) is 39.8 Å². The molecule has 0 bridgehead atoms. The van der Waals surface area contributed by atoms with E-state index >= 15 is 0 Å². The number of hydrogen-bond acceptors (Lipinski definition) is 3. The number of nitrogens with one attached hydrogen (secondary N) is 1. The molecule has 5 heteroatoms. The zero-order valence-corrected chi connectivity index (χ0v) is 13.8. The molecule has 1 unspecified atom stereocenters. The fourth-order valence-corrected chi connectivity index (χ4v) is 2.27. The van der Waals surface area contributed by atoms with Crippen molar-refractivity contribution in [2.45, 2.75) is 45.6 Å². The van der Waals surface area contributed by atoms with E-state index in [9.17, 15) is 8.42 Å². The van der Waals surface area contributed by atoms with Gasteiger partial charge in [0, 0.05) is 12.6 Å². The van der Waals surface area contributed by atoms with Gasteiger partial charge in [0.1, 0.15) is 0 Å². The van der Waals surface area contributed by atoms with Crippen molar-refractivity contribution in [3.8, 4) is 0 Å². The number of rotatable bonds is 6. The first kappa shape index (κ1) is 17.1. The van der Waals surface area contributed by atoms with Crippen LogP contribution in [0.25, 0.3) is 0 Å². The van der Waals surface area contributed by atoms with Crippen molar-refractivity contribution in [2.75, 3.05) is 6.54 Å². The molecule has 0 aliphatic rings. The highest BCUT2D eigenvalue weighted by atomic mass is 32.2. The van der Waals surface area contributed by atoms with Crippen LogP contribution in [0.3, 0.4) is 0 Å². The van der Waals surface area contributed by atoms with Crippen LogP contribution < -0.4 is 10.5 Å². The van der Waals surface area contributed by atoms with Gasteiger partial charge in [-0.3, -0.25) is 0 Å². The van der Waals surface area contributed by atoms with E-state index in [-0.39, 0.29) is 16.4 Å². The van der Waals surface area contributed by atoms with Gasteiger partial charge in [-0.15, -0.1) is 0 Å². The molecule has 1 aromatic rings. The molecule has 0 spiro atoms. The molecule has 0 amide bonds. The minimum atomic E-state index is -3.64. The summed E-state index contributed by atoms with van der Waals surface area (Å²) >= 11 is 0. The van der Waals surface area contributed by atoms with Crippen molar-refractivity contribution >= 4 is 10.0 Å². The van der Waals surface area contributed by atoms with E-state index in [0.717, 1.165) is 12.1 Å². The van der Waals surface area contributed by atoms with Crippen LogP contribution in [0.5, 0.6) is 0 Å². The first-order chi connectivity index (χ1) is 9.04. The number of hydrogen-bond donors (Lipinski definition) is 2. The lowest BCUT2D eigenvalue weighted by Crippen LogP contribution is -2.34. The summed E-state index contributed by atoms with van der Waals surface area (Å²) in [5.41, 5.74) is 1.11. The molecular formula is C15H26N2O2S. The molecule has 0 fully saturated rings. The monoisotopic (exact) mass is 298 g/mol. The van der Waals surface area contributed by atoms with Crippen molar-refractivity contribution in [1.82, 2.24) is 5.32 Å². The van der Waals surface area contributed by atoms with Gasteiger partial charge in [0.25, 0.3) is 0 Å². The Labute approximate surface area is 122 Å². The number of primary sulfonamides is 1.